The molecule has 0 aliphatic heterocycles. The fraction of sp³-hybridized carbons (Fsp3) is 0.375. The number of nitrogens with two attached hydrogens (primary N) is 1. The van der Waals surface area contributed by atoms with Crippen LogP contribution in [0.5, 0.6) is 0 Å². The Hall–Kier alpha value is -1.74. The van der Waals surface area contributed by atoms with Crippen LogP contribution in [0.4, 0.5) is 0 Å². The molecule has 1 atom stereocenters. The van der Waals surface area contributed by atoms with Crippen molar-refractivity contribution in [1.82, 2.24) is 9.97 Å². The summed E-state index contributed by atoms with van der Waals surface area (Å²) in [6.07, 6.45) is 2.58. The van der Waals surface area contributed by atoms with E-state index in [9.17, 15) is 0 Å². The quantitative estimate of drug-likeness (QED) is 0.913. The average molecular weight is 255 g/mol. The Balaban J connectivity index is 2.26. The molecule has 3 heteroatoms. The van der Waals surface area contributed by atoms with E-state index >= 15 is 0 Å². The first-order valence-corrected chi connectivity index (χ1v) is 6.74. The van der Waals surface area contributed by atoms with Crippen molar-refractivity contribution in [2.75, 3.05) is 0 Å². The molecular formula is C16H21N3. The van der Waals surface area contributed by atoms with Crippen LogP contribution < -0.4 is 5.73 Å². The predicted molar refractivity (Wildman–Crippen MR) is 78.9 cm³/mol. The van der Waals surface area contributed by atoms with E-state index in [1.165, 1.54) is 5.56 Å². The molecular weight excluding hydrogens is 234 g/mol. The van der Waals surface area contributed by atoms with Crippen molar-refractivity contribution in [2.45, 2.75) is 39.2 Å². The van der Waals surface area contributed by atoms with E-state index in [1.54, 1.807) is 6.20 Å². The number of rotatable bonds is 4. The zero-order valence-electron chi connectivity index (χ0n) is 11.8. The molecule has 100 valence electrons. The van der Waals surface area contributed by atoms with Gasteiger partial charge < -0.3 is 5.73 Å². The van der Waals surface area contributed by atoms with Crippen molar-refractivity contribution >= 4 is 0 Å². The summed E-state index contributed by atoms with van der Waals surface area (Å²) in [7, 11) is 0. The van der Waals surface area contributed by atoms with Crippen LogP contribution in [0, 0.1) is 0 Å². The van der Waals surface area contributed by atoms with Crippen molar-refractivity contribution in [1.29, 1.82) is 0 Å². The molecule has 0 aliphatic rings. The Morgan fingerprint density at radius 3 is 2.32 bits per heavy atom. The number of hydrogen-bond donors (Lipinski definition) is 1. The molecule has 1 aromatic heterocycles. The number of hydrogen-bond acceptors (Lipinski definition) is 3. The van der Waals surface area contributed by atoms with E-state index in [2.05, 4.69) is 48.1 Å². The van der Waals surface area contributed by atoms with E-state index in [0.29, 0.717) is 5.92 Å². The van der Waals surface area contributed by atoms with Crippen LogP contribution >= 0.6 is 0 Å². The molecule has 0 aliphatic carbocycles. The Morgan fingerprint density at radius 2 is 1.74 bits per heavy atom. The van der Waals surface area contributed by atoms with Gasteiger partial charge in [0.25, 0.3) is 0 Å². The molecule has 1 unspecified atom stereocenters. The van der Waals surface area contributed by atoms with Crippen LogP contribution in [0.2, 0.25) is 0 Å². The minimum absolute atomic E-state index is 0.117. The Kier molecular flexibility index (Phi) is 4.27. The molecule has 0 radical (unpaired) electrons. The normalized spacial score (nSPS) is 12.7. The van der Waals surface area contributed by atoms with Gasteiger partial charge in [0.15, 0.2) is 5.82 Å². The lowest BCUT2D eigenvalue weighted by Crippen LogP contribution is -2.18. The third-order valence-corrected chi connectivity index (χ3v) is 3.08. The highest BCUT2D eigenvalue weighted by Gasteiger charge is 2.05. The Labute approximate surface area is 114 Å². The van der Waals surface area contributed by atoms with E-state index in [0.717, 1.165) is 23.5 Å². The first-order chi connectivity index (χ1) is 9.06. The van der Waals surface area contributed by atoms with Crippen LogP contribution in [0.25, 0.3) is 11.4 Å². The van der Waals surface area contributed by atoms with Crippen LogP contribution in [-0.2, 0) is 6.42 Å². The molecule has 3 nitrogen and oxygen atoms in total. The zero-order chi connectivity index (χ0) is 13.8. The minimum atomic E-state index is 0.117. The Bertz CT molecular complexity index is 530. The van der Waals surface area contributed by atoms with E-state index < -0.39 is 0 Å². The number of nitrogens with zero attached hydrogens (tertiary/aromatic N) is 2. The fourth-order valence-corrected chi connectivity index (χ4v) is 2.00. The summed E-state index contributed by atoms with van der Waals surface area (Å²) in [5.74, 6) is 1.31. The smallest absolute Gasteiger partial charge is 0.159 e. The lowest BCUT2D eigenvalue weighted by atomic mass is 10.0. The van der Waals surface area contributed by atoms with Crippen LogP contribution in [0.3, 0.4) is 0 Å². The molecule has 1 aromatic carbocycles. The topological polar surface area (TPSA) is 51.8 Å². The average Bonchev–Trinajstić information content (AvgIpc) is 2.38. The largest absolute Gasteiger partial charge is 0.328 e. The molecule has 0 spiro atoms. The van der Waals surface area contributed by atoms with E-state index in [4.69, 9.17) is 5.73 Å². The van der Waals surface area contributed by atoms with Crippen LogP contribution in [-0.4, -0.2) is 16.0 Å². The zero-order valence-corrected chi connectivity index (χ0v) is 11.8. The van der Waals surface area contributed by atoms with Gasteiger partial charge >= 0.3 is 0 Å². The number of benzene rings is 1. The van der Waals surface area contributed by atoms with Crippen molar-refractivity contribution in [2.24, 2.45) is 5.73 Å². The van der Waals surface area contributed by atoms with Gasteiger partial charge in [-0.2, -0.15) is 0 Å². The third-order valence-electron chi connectivity index (χ3n) is 3.08. The summed E-state index contributed by atoms with van der Waals surface area (Å²) in [5.41, 5.74) is 9.18. The second kappa shape index (κ2) is 5.93. The molecule has 0 fully saturated rings. The second-order valence-corrected chi connectivity index (χ2v) is 5.33. The van der Waals surface area contributed by atoms with Gasteiger partial charge in [-0.15, -0.1) is 0 Å². The van der Waals surface area contributed by atoms with Gasteiger partial charge in [0.2, 0.25) is 0 Å². The van der Waals surface area contributed by atoms with Crippen molar-refractivity contribution in [3.63, 3.8) is 0 Å². The molecule has 2 aromatic rings. The van der Waals surface area contributed by atoms with Gasteiger partial charge in [-0.25, -0.2) is 9.97 Å². The summed E-state index contributed by atoms with van der Waals surface area (Å²) in [6, 6.07) is 10.5. The first-order valence-electron chi connectivity index (χ1n) is 6.74. The third kappa shape index (κ3) is 3.61. The summed E-state index contributed by atoms with van der Waals surface area (Å²) in [5, 5.41) is 0. The van der Waals surface area contributed by atoms with E-state index in [1.807, 2.05) is 13.0 Å². The van der Waals surface area contributed by atoms with Gasteiger partial charge in [-0.1, -0.05) is 38.1 Å². The summed E-state index contributed by atoms with van der Waals surface area (Å²) in [6.45, 7) is 6.36. The molecule has 0 amide bonds. The molecule has 0 bridgehead atoms. The monoisotopic (exact) mass is 255 g/mol. The maximum atomic E-state index is 5.81. The molecule has 2 N–H and O–H groups in total. The van der Waals surface area contributed by atoms with Crippen molar-refractivity contribution < 1.29 is 0 Å². The second-order valence-electron chi connectivity index (χ2n) is 5.33. The summed E-state index contributed by atoms with van der Waals surface area (Å²) in [4.78, 5) is 8.91. The van der Waals surface area contributed by atoms with Gasteiger partial charge in [0, 0.05) is 29.9 Å². The lowest BCUT2D eigenvalue weighted by molar-refractivity contribution is 0.720. The highest BCUT2D eigenvalue weighted by atomic mass is 14.9. The SMILES string of the molecule is CC(N)Cc1ccnc(-c2ccc(C(C)C)cc2)n1. The highest BCUT2D eigenvalue weighted by Crippen LogP contribution is 2.20. The first kappa shape index (κ1) is 13.7. The van der Waals surface area contributed by atoms with Gasteiger partial charge in [-0.3, -0.25) is 0 Å². The summed E-state index contributed by atoms with van der Waals surface area (Å²) < 4.78 is 0. The molecule has 0 saturated carbocycles. The molecule has 19 heavy (non-hydrogen) atoms. The van der Waals surface area contributed by atoms with Crippen molar-refractivity contribution in [3.05, 3.63) is 47.8 Å². The number of aromatic nitrogens is 2. The summed E-state index contributed by atoms with van der Waals surface area (Å²) >= 11 is 0. The molecule has 2 rings (SSSR count). The molecule has 0 saturated heterocycles. The predicted octanol–water partition coefficient (Wildman–Crippen LogP) is 3.16. The Morgan fingerprint density at radius 1 is 1.05 bits per heavy atom. The van der Waals surface area contributed by atoms with E-state index in [-0.39, 0.29) is 6.04 Å². The molecule has 1 heterocycles. The van der Waals surface area contributed by atoms with Gasteiger partial charge in [0.1, 0.15) is 0 Å². The van der Waals surface area contributed by atoms with Gasteiger partial charge in [-0.05, 0) is 24.5 Å². The van der Waals surface area contributed by atoms with Crippen LogP contribution in [0.15, 0.2) is 36.5 Å². The maximum absolute atomic E-state index is 5.81. The van der Waals surface area contributed by atoms with Gasteiger partial charge in [0.05, 0.1) is 0 Å². The lowest BCUT2D eigenvalue weighted by Gasteiger charge is -2.08. The minimum Gasteiger partial charge on any atom is -0.328 e. The van der Waals surface area contributed by atoms with Crippen molar-refractivity contribution in [3.8, 4) is 11.4 Å². The maximum Gasteiger partial charge on any atom is 0.159 e. The van der Waals surface area contributed by atoms with Crippen LogP contribution in [0.1, 0.15) is 37.9 Å². The standard InChI is InChI=1S/C16H21N3/c1-11(2)13-4-6-14(7-5-13)16-18-9-8-15(19-16)10-12(3)17/h4-9,11-12H,10,17H2,1-3H3. The fourth-order valence-electron chi connectivity index (χ4n) is 2.00. The highest BCUT2D eigenvalue weighted by molar-refractivity contribution is 5.55.